The molecule has 0 spiro atoms. The first-order valence-electron chi connectivity index (χ1n) is 8.83. The molecule has 4 nitrogen and oxygen atoms in total. The molecule has 1 atom stereocenters. The number of ether oxygens (including phenoxy) is 2. The largest absolute Gasteiger partial charge is 0.466 e. The molecule has 0 aromatic rings. The van der Waals surface area contributed by atoms with E-state index in [0.717, 1.165) is 6.92 Å². The minimum atomic E-state index is -8.03. The minimum Gasteiger partial charge on any atom is -0.466 e. The molecule has 0 fully saturated rings. The molecule has 17 heteroatoms. The first-order chi connectivity index (χ1) is 14.5. The lowest BCUT2D eigenvalue weighted by Gasteiger charge is -2.40. The lowest BCUT2D eigenvalue weighted by atomic mass is 9.87. The van der Waals surface area contributed by atoms with Crippen molar-refractivity contribution in [2.45, 2.75) is 68.9 Å². The summed E-state index contributed by atoms with van der Waals surface area (Å²) in [5, 5.41) is 0. The Balaban J connectivity index is 6.17. The number of hydrogen-bond acceptors (Lipinski definition) is 4. The molecule has 0 saturated carbocycles. The second-order valence-corrected chi connectivity index (χ2v) is 6.50. The molecule has 0 rings (SSSR count). The van der Waals surface area contributed by atoms with Crippen LogP contribution in [0.3, 0.4) is 0 Å². The molecule has 0 heterocycles. The standard InChI is InChI=1S/C16H17F13O4/c1-3-32-9(30)6-5-8(10(31)33-4-2)7-11(17,18)12(19,20)13(21,22)14(23,24)15(25,26)16(27,28)29/h8H,3-7H2,1-2H3. The molecular formula is C16H17F13O4. The summed E-state index contributed by atoms with van der Waals surface area (Å²) in [5.41, 5.74) is 0. The molecule has 33 heavy (non-hydrogen) atoms. The summed E-state index contributed by atoms with van der Waals surface area (Å²) < 4.78 is 180. The Morgan fingerprint density at radius 3 is 1.48 bits per heavy atom. The van der Waals surface area contributed by atoms with E-state index in [9.17, 15) is 66.7 Å². The molecule has 196 valence electrons. The number of halogens is 13. The number of rotatable bonds is 12. The highest BCUT2D eigenvalue weighted by molar-refractivity contribution is 5.74. The molecule has 0 bridgehead atoms. The van der Waals surface area contributed by atoms with Crippen LogP contribution in [0, 0.1) is 5.92 Å². The van der Waals surface area contributed by atoms with Crippen molar-refractivity contribution < 1.29 is 76.1 Å². The van der Waals surface area contributed by atoms with Crippen molar-refractivity contribution in [2.24, 2.45) is 5.92 Å². The van der Waals surface area contributed by atoms with Crippen molar-refractivity contribution in [1.29, 1.82) is 0 Å². The maximum Gasteiger partial charge on any atom is 0.460 e. The molecule has 0 N–H and O–H groups in total. The summed E-state index contributed by atoms with van der Waals surface area (Å²) >= 11 is 0. The molecular weight excluding hydrogens is 503 g/mol. The number of esters is 2. The third-order valence-corrected chi connectivity index (χ3v) is 4.12. The van der Waals surface area contributed by atoms with Gasteiger partial charge in [-0.15, -0.1) is 0 Å². The van der Waals surface area contributed by atoms with Gasteiger partial charge in [-0.3, -0.25) is 9.59 Å². The summed E-state index contributed by atoms with van der Waals surface area (Å²) in [6, 6.07) is 0. The van der Waals surface area contributed by atoms with E-state index in [0.29, 0.717) is 0 Å². The molecule has 0 aliphatic carbocycles. The molecule has 0 amide bonds. The van der Waals surface area contributed by atoms with Crippen molar-refractivity contribution >= 4 is 11.9 Å². The van der Waals surface area contributed by atoms with Gasteiger partial charge in [-0.05, 0) is 20.3 Å². The van der Waals surface area contributed by atoms with Gasteiger partial charge in [0.1, 0.15) is 0 Å². The summed E-state index contributed by atoms with van der Waals surface area (Å²) in [4.78, 5) is 23.0. The zero-order valence-corrected chi connectivity index (χ0v) is 16.7. The van der Waals surface area contributed by atoms with Crippen LogP contribution < -0.4 is 0 Å². The molecule has 0 aliphatic rings. The minimum absolute atomic E-state index is 0.258. The lowest BCUT2D eigenvalue weighted by molar-refractivity contribution is -0.440. The zero-order valence-electron chi connectivity index (χ0n) is 16.7. The molecule has 0 aromatic heterocycles. The van der Waals surface area contributed by atoms with E-state index in [2.05, 4.69) is 9.47 Å². The number of carbonyl (C=O) groups excluding carboxylic acids is 2. The highest BCUT2D eigenvalue weighted by Crippen LogP contribution is 2.61. The summed E-state index contributed by atoms with van der Waals surface area (Å²) in [5.74, 6) is -43.3. The zero-order chi connectivity index (χ0) is 26.7. The average Bonchev–Trinajstić information content (AvgIpc) is 2.63. The maximum absolute atomic E-state index is 14.0. The van der Waals surface area contributed by atoms with Gasteiger partial charge < -0.3 is 9.47 Å². The third kappa shape index (κ3) is 5.94. The topological polar surface area (TPSA) is 52.6 Å². The lowest BCUT2D eigenvalue weighted by Crippen LogP contribution is -2.70. The van der Waals surface area contributed by atoms with Gasteiger partial charge in [0.15, 0.2) is 0 Å². The van der Waals surface area contributed by atoms with Gasteiger partial charge in [0, 0.05) is 12.8 Å². The second-order valence-electron chi connectivity index (χ2n) is 6.50. The molecule has 0 aromatic carbocycles. The Labute approximate surface area is 177 Å². The van der Waals surface area contributed by atoms with Crippen LogP contribution in [-0.4, -0.2) is 60.9 Å². The molecule has 0 aliphatic heterocycles. The Hall–Kier alpha value is -1.97. The Bertz CT molecular complexity index is 688. The van der Waals surface area contributed by atoms with Crippen LogP contribution in [0.1, 0.15) is 33.1 Å². The van der Waals surface area contributed by atoms with E-state index >= 15 is 0 Å². The highest BCUT2D eigenvalue weighted by atomic mass is 19.4. The van der Waals surface area contributed by atoms with Gasteiger partial charge in [0.25, 0.3) is 0 Å². The van der Waals surface area contributed by atoms with Crippen molar-refractivity contribution in [2.75, 3.05) is 13.2 Å². The number of hydrogen-bond donors (Lipinski definition) is 0. The Morgan fingerprint density at radius 1 is 0.667 bits per heavy atom. The van der Waals surface area contributed by atoms with Crippen molar-refractivity contribution in [3.05, 3.63) is 0 Å². The van der Waals surface area contributed by atoms with E-state index in [1.165, 1.54) is 6.92 Å². The van der Waals surface area contributed by atoms with E-state index in [4.69, 9.17) is 0 Å². The fraction of sp³-hybridized carbons (Fsp3) is 0.875. The van der Waals surface area contributed by atoms with E-state index in [1.807, 2.05) is 0 Å². The van der Waals surface area contributed by atoms with Gasteiger partial charge in [-0.25, -0.2) is 0 Å². The number of carbonyl (C=O) groups is 2. The average molecular weight is 520 g/mol. The highest BCUT2D eigenvalue weighted by Gasteiger charge is 2.90. The van der Waals surface area contributed by atoms with Gasteiger partial charge in [0.2, 0.25) is 0 Å². The van der Waals surface area contributed by atoms with Crippen LogP contribution in [0.5, 0.6) is 0 Å². The summed E-state index contributed by atoms with van der Waals surface area (Å²) in [7, 11) is 0. The van der Waals surface area contributed by atoms with Gasteiger partial charge >= 0.3 is 47.7 Å². The monoisotopic (exact) mass is 520 g/mol. The predicted molar refractivity (Wildman–Crippen MR) is 81.4 cm³/mol. The van der Waals surface area contributed by atoms with Crippen LogP contribution >= 0.6 is 0 Å². The van der Waals surface area contributed by atoms with Crippen molar-refractivity contribution in [3.63, 3.8) is 0 Å². The van der Waals surface area contributed by atoms with E-state index in [1.54, 1.807) is 0 Å². The van der Waals surface area contributed by atoms with Crippen molar-refractivity contribution in [1.82, 2.24) is 0 Å². The fourth-order valence-corrected chi connectivity index (χ4v) is 2.33. The van der Waals surface area contributed by atoms with E-state index in [-0.39, 0.29) is 6.61 Å². The van der Waals surface area contributed by atoms with Crippen LogP contribution in [-0.2, 0) is 19.1 Å². The van der Waals surface area contributed by atoms with Crippen LogP contribution in [0.2, 0.25) is 0 Å². The molecule has 0 saturated heterocycles. The van der Waals surface area contributed by atoms with Crippen LogP contribution in [0.4, 0.5) is 57.1 Å². The van der Waals surface area contributed by atoms with Gasteiger partial charge in [-0.2, -0.15) is 57.1 Å². The fourth-order valence-electron chi connectivity index (χ4n) is 2.33. The second kappa shape index (κ2) is 10.1. The SMILES string of the molecule is CCOC(=O)CCC(CC(F)(F)C(F)(F)C(F)(F)C(F)(F)C(F)(F)C(F)(F)F)C(=O)OCC. The summed E-state index contributed by atoms with van der Waals surface area (Å²) in [6.45, 7) is 1.53. The normalized spacial score (nSPS) is 15.2. The molecule has 0 radical (unpaired) electrons. The smallest absolute Gasteiger partial charge is 0.460 e. The van der Waals surface area contributed by atoms with Gasteiger partial charge in [-0.1, -0.05) is 0 Å². The van der Waals surface area contributed by atoms with Crippen molar-refractivity contribution in [3.8, 4) is 0 Å². The predicted octanol–water partition coefficient (Wildman–Crippen LogP) is 5.64. The first kappa shape index (κ1) is 31.0. The van der Waals surface area contributed by atoms with E-state index < -0.39 is 79.5 Å². The number of alkyl halides is 13. The summed E-state index contributed by atoms with van der Waals surface area (Å²) in [6.07, 6.45) is -12.3. The van der Waals surface area contributed by atoms with Crippen LogP contribution in [0.25, 0.3) is 0 Å². The van der Waals surface area contributed by atoms with Crippen LogP contribution in [0.15, 0.2) is 0 Å². The maximum atomic E-state index is 14.0. The first-order valence-corrected chi connectivity index (χ1v) is 8.83. The Kier molecular flexibility index (Phi) is 9.51. The quantitative estimate of drug-likeness (QED) is 0.247. The van der Waals surface area contributed by atoms with Gasteiger partial charge in [0.05, 0.1) is 19.1 Å². The Morgan fingerprint density at radius 2 is 1.09 bits per heavy atom. The molecule has 1 unspecified atom stereocenters. The third-order valence-electron chi connectivity index (χ3n) is 4.12.